The molecule has 17 heteroatoms. The van der Waals surface area contributed by atoms with Crippen molar-refractivity contribution in [1.82, 2.24) is 35.4 Å². The van der Waals surface area contributed by atoms with Gasteiger partial charge in [-0.3, -0.25) is 14.5 Å². The Labute approximate surface area is 243 Å². The summed E-state index contributed by atoms with van der Waals surface area (Å²) in [5.41, 5.74) is 6.33. The normalized spacial score (nSPS) is 19.1. The second-order valence-electron chi connectivity index (χ2n) is 9.32. The number of oxime groups is 1. The van der Waals surface area contributed by atoms with Crippen LogP contribution in [0.3, 0.4) is 0 Å². The lowest BCUT2D eigenvalue weighted by molar-refractivity contribution is -0.150. The molecule has 40 heavy (non-hydrogen) atoms. The SMILES string of the molecule is CCCCCCn1nnnc1SCC1=C(C(=O)O)N2C(=O)C(NC(=O)C(=NOC(C)C)c3csc(N)n3)[C@@H]2SC1. The Morgan fingerprint density at radius 3 is 2.83 bits per heavy atom. The molecular weight excluding hydrogens is 579 g/mol. The molecule has 1 unspecified atom stereocenters. The molecule has 0 bridgehead atoms. The van der Waals surface area contributed by atoms with Gasteiger partial charge in [-0.05, 0) is 36.3 Å². The van der Waals surface area contributed by atoms with E-state index in [9.17, 15) is 19.5 Å². The minimum absolute atomic E-state index is 0.0713. The van der Waals surface area contributed by atoms with Gasteiger partial charge in [0.25, 0.3) is 11.8 Å². The van der Waals surface area contributed by atoms with Gasteiger partial charge in [-0.15, -0.1) is 28.2 Å². The first-order valence-corrected chi connectivity index (χ1v) is 15.7. The van der Waals surface area contributed by atoms with E-state index in [1.54, 1.807) is 23.9 Å². The fourth-order valence-electron chi connectivity index (χ4n) is 4.04. The van der Waals surface area contributed by atoms with Crippen LogP contribution in [0, 0.1) is 0 Å². The van der Waals surface area contributed by atoms with Gasteiger partial charge in [-0.1, -0.05) is 43.1 Å². The molecule has 0 spiro atoms. The first-order valence-electron chi connectivity index (χ1n) is 12.8. The first kappa shape index (κ1) is 29.8. The van der Waals surface area contributed by atoms with Gasteiger partial charge in [0, 0.05) is 23.4 Å². The fourth-order valence-corrected chi connectivity index (χ4v) is 6.98. The molecule has 0 aromatic carbocycles. The number of carbonyl (C=O) groups is 3. The average molecular weight is 610 g/mol. The number of thioether (sulfide) groups is 2. The van der Waals surface area contributed by atoms with Crippen molar-refractivity contribution in [3.05, 3.63) is 22.3 Å². The molecule has 2 amide bonds. The number of carboxylic acid groups (broad SMARTS) is 1. The van der Waals surface area contributed by atoms with Crippen LogP contribution in [0.25, 0.3) is 0 Å². The molecule has 2 atom stereocenters. The number of nitrogens with one attached hydrogen (secondary N) is 1. The highest BCUT2D eigenvalue weighted by Crippen LogP contribution is 2.41. The van der Waals surface area contributed by atoms with Gasteiger partial charge in [0.15, 0.2) is 10.8 Å². The summed E-state index contributed by atoms with van der Waals surface area (Å²) in [6.07, 6.45) is 4.01. The maximum atomic E-state index is 13.1. The van der Waals surface area contributed by atoms with E-state index in [-0.39, 0.29) is 28.3 Å². The van der Waals surface area contributed by atoms with Crippen molar-refractivity contribution in [2.45, 2.75) is 75.7 Å². The van der Waals surface area contributed by atoms with Gasteiger partial charge < -0.3 is 21.0 Å². The number of amides is 2. The van der Waals surface area contributed by atoms with Crippen LogP contribution in [-0.4, -0.2) is 87.7 Å². The number of hydrogen-bond acceptors (Lipinski definition) is 13. The summed E-state index contributed by atoms with van der Waals surface area (Å²) >= 11 is 3.85. The number of fused-ring (bicyclic) bond motifs is 1. The van der Waals surface area contributed by atoms with Crippen molar-refractivity contribution in [2.75, 3.05) is 17.2 Å². The Kier molecular flexibility index (Phi) is 10.0. The number of nitrogens with zero attached hydrogens (tertiary/aromatic N) is 7. The number of nitrogens with two attached hydrogens (primary N) is 1. The van der Waals surface area contributed by atoms with E-state index in [0.29, 0.717) is 28.8 Å². The molecule has 4 heterocycles. The lowest BCUT2D eigenvalue weighted by Gasteiger charge is -2.49. The second kappa shape index (κ2) is 13.5. The van der Waals surface area contributed by atoms with Crippen molar-refractivity contribution < 1.29 is 24.3 Å². The Balaban J connectivity index is 1.44. The number of unbranched alkanes of at least 4 members (excludes halogenated alkanes) is 3. The van der Waals surface area contributed by atoms with Gasteiger partial charge in [-0.2, -0.15) is 0 Å². The molecule has 0 radical (unpaired) electrons. The molecule has 216 valence electrons. The summed E-state index contributed by atoms with van der Waals surface area (Å²) < 4.78 is 1.72. The summed E-state index contributed by atoms with van der Waals surface area (Å²) in [7, 11) is 0. The number of aliphatic carboxylic acids is 1. The number of tetrazole rings is 1. The predicted octanol–water partition coefficient (Wildman–Crippen LogP) is 1.95. The Bertz CT molecular complexity index is 1310. The lowest BCUT2D eigenvalue weighted by Crippen LogP contribution is -2.71. The van der Waals surface area contributed by atoms with Gasteiger partial charge in [0.2, 0.25) is 5.16 Å². The van der Waals surface area contributed by atoms with E-state index < -0.39 is 29.2 Å². The van der Waals surface area contributed by atoms with Crippen molar-refractivity contribution in [2.24, 2.45) is 5.16 Å². The summed E-state index contributed by atoms with van der Waals surface area (Å²) in [5, 5.41) is 30.3. The minimum Gasteiger partial charge on any atom is -0.477 e. The van der Waals surface area contributed by atoms with Gasteiger partial charge in [0.05, 0.1) is 0 Å². The third-order valence-electron chi connectivity index (χ3n) is 5.97. The van der Waals surface area contributed by atoms with E-state index in [1.165, 1.54) is 28.4 Å². The Hall–Kier alpha value is -3.18. The van der Waals surface area contributed by atoms with E-state index >= 15 is 0 Å². The molecule has 4 rings (SSSR count). The topological polar surface area (TPSA) is 191 Å². The number of carboxylic acids is 1. The molecular formula is C23H31N9O5S3. The Morgan fingerprint density at radius 2 is 2.15 bits per heavy atom. The quantitative estimate of drug-likeness (QED) is 0.0929. The summed E-state index contributed by atoms with van der Waals surface area (Å²) in [5.74, 6) is -1.71. The summed E-state index contributed by atoms with van der Waals surface area (Å²) in [6.45, 7) is 6.34. The smallest absolute Gasteiger partial charge is 0.352 e. The summed E-state index contributed by atoms with van der Waals surface area (Å²) in [6, 6.07) is -0.934. The van der Waals surface area contributed by atoms with Crippen molar-refractivity contribution in [3.8, 4) is 0 Å². The number of nitrogen functional groups attached to an aromatic ring is 1. The van der Waals surface area contributed by atoms with Gasteiger partial charge in [0.1, 0.15) is 28.9 Å². The van der Waals surface area contributed by atoms with E-state index in [0.717, 1.165) is 37.0 Å². The monoisotopic (exact) mass is 609 g/mol. The molecule has 2 aliphatic heterocycles. The minimum atomic E-state index is -1.20. The average Bonchev–Trinajstić information content (AvgIpc) is 3.56. The van der Waals surface area contributed by atoms with Crippen LogP contribution in [-0.2, 0) is 25.8 Å². The highest BCUT2D eigenvalue weighted by atomic mass is 32.2. The number of β-lactam (4-membered cyclic amide) rings is 1. The zero-order valence-electron chi connectivity index (χ0n) is 22.3. The molecule has 1 saturated heterocycles. The molecule has 2 aromatic rings. The largest absolute Gasteiger partial charge is 0.477 e. The number of carbonyl (C=O) groups excluding carboxylic acids is 2. The lowest BCUT2D eigenvalue weighted by atomic mass is 10.0. The van der Waals surface area contributed by atoms with E-state index in [4.69, 9.17) is 10.6 Å². The standard InChI is InChI=1S/C23H31N9O5S3/c1-4-5-6-7-8-31-23(27-29-30-31)40-10-13-9-38-20-16(19(34)32(20)17(13)21(35)36)26-18(33)15(28-37-12(2)3)14-11-39-22(24)25-14/h11-12,16,20H,4-10H2,1-3H3,(H2,24,25)(H,26,33)(H,35,36)/t16?,20-/m0/s1. The van der Waals surface area contributed by atoms with Crippen LogP contribution < -0.4 is 11.1 Å². The van der Waals surface area contributed by atoms with Crippen molar-refractivity contribution >= 4 is 63.5 Å². The maximum absolute atomic E-state index is 13.1. The zero-order valence-corrected chi connectivity index (χ0v) is 24.7. The number of anilines is 1. The second-order valence-corrected chi connectivity index (χ2v) is 12.3. The van der Waals surface area contributed by atoms with Crippen molar-refractivity contribution in [1.29, 1.82) is 0 Å². The number of thiazole rings is 1. The Morgan fingerprint density at radius 1 is 1.35 bits per heavy atom. The third kappa shape index (κ3) is 6.75. The van der Waals surface area contributed by atoms with E-state index in [2.05, 4.69) is 37.9 Å². The summed E-state index contributed by atoms with van der Waals surface area (Å²) in [4.78, 5) is 49.1. The zero-order chi connectivity index (χ0) is 28.8. The number of rotatable bonds is 14. The van der Waals surface area contributed by atoms with Crippen molar-refractivity contribution in [3.63, 3.8) is 0 Å². The van der Waals surface area contributed by atoms with Crippen LogP contribution in [0.15, 0.2) is 27.0 Å². The highest BCUT2D eigenvalue weighted by Gasteiger charge is 2.54. The highest BCUT2D eigenvalue weighted by molar-refractivity contribution is 8.01. The van der Waals surface area contributed by atoms with Crippen LogP contribution >= 0.6 is 34.9 Å². The fraction of sp³-hybridized carbons (Fsp3) is 0.565. The van der Waals surface area contributed by atoms with Crippen LogP contribution in [0.1, 0.15) is 52.1 Å². The van der Waals surface area contributed by atoms with Crippen LogP contribution in [0.4, 0.5) is 5.13 Å². The van der Waals surface area contributed by atoms with Crippen LogP contribution in [0.2, 0.25) is 0 Å². The third-order valence-corrected chi connectivity index (χ3v) is 9.03. The number of aromatic nitrogens is 5. The van der Waals surface area contributed by atoms with Gasteiger partial charge >= 0.3 is 5.97 Å². The number of aryl methyl sites for hydroxylation is 1. The molecule has 0 saturated carbocycles. The molecule has 14 nitrogen and oxygen atoms in total. The van der Waals surface area contributed by atoms with Gasteiger partial charge in [-0.25, -0.2) is 14.5 Å². The molecule has 2 aromatic heterocycles. The molecule has 1 fully saturated rings. The van der Waals surface area contributed by atoms with E-state index in [1.807, 2.05) is 0 Å². The molecule has 2 aliphatic rings. The molecule has 0 aliphatic carbocycles. The first-order chi connectivity index (χ1) is 19.2. The maximum Gasteiger partial charge on any atom is 0.352 e. The predicted molar refractivity (Wildman–Crippen MR) is 152 cm³/mol. The van der Waals surface area contributed by atoms with Crippen LogP contribution in [0.5, 0.6) is 0 Å². The number of hydrogen-bond donors (Lipinski definition) is 3. The molecule has 4 N–H and O–H groups in total.